The van der Waals surface area contributed by atoms with Gasteiger partial charge in [-0.3, -0.25) is 0 Å². The molecule has 0 saturated heterocycles. The van der Waals surface area contributed by atoms with Crippen molar-refractivity contribution in [1.82, 2.24) is 14.5 Å². The maximum Gasteiger partial charge on any atom is 0.410 e. The molecule has 0 fully saturated rings. The van der Waals surface area contributed by atoms with Crippen LogP contribution in [0.15, 0.2) is 0 Å². The van der Waals surface area contributed by atoms with Gasteiger partial charge in [-0.2, -0.15) is 0 Å². The predicted molar refractivity (Wildman–Crippen MR) is 76.3 cm³/mol. The summed E-state index contributed by atoms with van der Waals surface area (Å²) in [6.45, 7) is 6.87. The first-order chi connectivity index (χ1) is 8.28. The number of rotatable bonds is 0. The quantitative estimate of drug-likeness (QED) is 0.665. The van der Waals surface area contributed by atoms with E-state index in [1.165, 1.54) is 5.69 Å². The molecule has 0 spiro atoms. The zero-order valence-electron chi connectivity index (χ0n) is 11.2. The Morgan fingerprint density at radius 2 is 2.11 bits per heavy atom. The second kappa shape index (κ2) is 4.71. The third-order valence-corrected chi connectivity index (χ3v) is 3.82. The Labute approximate surface area is 121 Å². The lowest BCUT2D eigenvalue weighted by molar-refractivity contribution is 0.0220. The lowest BCUT2D eigenvalue weighted by Gasteiger charge is -2.29. The minimum atomic E-state index is -0.449. The number of fused-ring (bicyclic) bond motifs is 1. The lowest BCUT2D eigenvalue weighted by Crippen LogP contribution is -2.40. The fraction of sp³-hybridized carbons (Fsp3) is 0.667. The molecule has 0 radical (unpaired) electrons. The summed E-state index contributed by atoms with van der Waals surface area (Å²) in [6.07, 6.45) is 0.579. The fourth-order valence-corrected chi connectivity index (χ4v) is 2.56. The summed E-state index contributed by atoms with van der Waals surface area (Å²) < 4.78 is 8.43. The van der Waals surface area contributed by atoms with Gasteiger partial charge in [0, 0.05) is 25.7 Å². The van der Waals surface area contributed by atoms with Crippen molar-refractivity contribution in [3.8, 4) is 0 Å². The molecule has 0 aromatic carbocycles. The molecule has 6 heteroatoms. The first kappa shape index (κ1) is 13.6. The third-order valence-electron chi connectivity index (χ3n) is 2.85. The first-order valence-corrected chi connectivity index (χ1v) is 7.03. The molecule has 18 heavy (non-hydrogen) atoms. The number of ether oxygens (including phenoxy) is 1. The van der Waals surface area contributed by atoms with Crippen LogP contribution in [0.2, 0.25) is 0 Å². The molecule has 0 saturated carbocycles. The Morgan fingerprint density at radius 1 is 1.44 bits per heavy atom. The van der Waals surface area contributed by atoms with Gasteiger partial charge in [-0.15, -0.1) is 0 Å². The molecule has 0 atom stereocenters. The van der Waals surface area contributed by atoms with E-state index < -0.39 is 5.60 Å². The van der Waals surface area contributed by atoms with Crippen LogP contribution < -0.4 is 0 Å². The summed E-state index contributed by atoms with van der Waals surface area (Å²) in [5, 5.41) is 0. The van der Waals surface area contributed by atoms with Crippen molar-refractivity contribution in [2.75, 3.05) is 6.54 Å². The number of hydrogen-bond donors (Lipinski definition) is 0. The number of carbonyl (C=O) groups is 1. The SMILES string of the molecule is Cn1c(I)nc2c1CCN(C(=O)OC(C)(C)C)C2. The molecular formula is C12H18IN3O2. The normalized spacial score (nSPS) is 15.5. The van der Waals surface area contributed by atoms with Crippen LogP contribution >= 0.6 is 22.6 Å². The highest BCUT2D eigenvalue weighted by Gasteiger charge is 2.28. The minimum Gasteiger partial charge on any atom is -0.444 e. The lowest BCUT2D eigenvalue weighted by atomic mass is 10.1. The third kappa shape index (κ3) is 2.78. The molecule has 5 nitrogen and oxygen atoms in total. The van der Waals surface area contributed by atoms with Crippen LogP contribution in [0, 0.1) is 3.83 Å². The van der Waals surface area contributed by atoms with Gasteiger partial charge in [0.2, 0.25) is 0 Å². The van der Waals surface area contributed by atoms with Crippen LogP contribution in [0.25, 0.3) is 0 Å². The molecule has 1 aliphatic heterocycles. The molecule has 0 aliphatic carbocycles. The van der Waals surface area contributed by atoms with Gasteiger partial charge < -0.3 is 14.2 Å². The second-order valence-corrected chi connectivity index (χ2v) is 6.45. The van der Waals surface area contributed by atoms with Crippen molar-refractivity contribution in [3.63, 3.8) is 0 Å². The predicted octanol–water partition coefficient (Wildman–Crippen LogP) is 2.32. The van der Waals surface area contributed by atoms with Crippen LogP contribution in [-0.2, 0) is 24.8 Å². The molecule has 0 bridgehead atoms. The van der Waals surface area contributed by atoms with E-state index in [2.05, 4.69) is 32.1 Å². The summed E-state index contributed by atoms with van der Waals surface area (Å²) in [6, 6.07) is 0. The zero-order valence-corrected chi connectivity index (χ0v) is 13.3. The van der Waals surface area contributed by atoms with Crippen LogP contribution in [0.4, 0.5) is 4.79 Å². The summed E-state index contributed by atoms with van der Waals surface area (Å²) in [7, 11) is 2.01. The van der Waals surface area contributed by atoms with Gasteiger partial charge in [0.15, 0.2) is 3.83 Å². The van der Waals surface area contributed by atoms with Gasteiger partial charge in [-0.25, -0.2) is 9.78 Å². The van der Waals surface area contributed by atoms with Crippen LogP contribution in [0.1, 0.15) is 32.2 Å². The summed E-state index contributed by atoms with van der Waals surface area (Å²) in [5.41, 5.74) is 1.76. The van der Waals surface area contributed by atoms with Crippen LogP contribution in [-0.4, -0.2) is 32.7 Å². The van der Waals surface area contributed by atoms with Crippen molar-refractivity contribution < 1.29 is 9.53 Å². The Hall–Kier alpha value is -0.790. The zero-order chi connectivity index (χ0) is 13.5. The second-order valence-electron chi connectivity index (χ2n) is 5.49. The number of imidazole rings is 1. The fourth-order valence-electron chi connectivity index (χ4n) is 1.98. The van der Waals surface area contributed by atoms with Crippen molar-refractivity contribution in [3.05, 3.63) is 15.2 Å². The number of hydrogen-bond acceptors (Lipinski definition) is 3. The Morgan fingerprint density at radius 3 is 2.72 bits per heavy atom. The highest BCUT2D eigenvalue weighted by atomic mass is 127. The number of halogens is 1. The van der Waals surface area contributed by atoms with Gasteiger partial charge in [-0.05, 0) is 43.4 Å². The number of carbonyl (C=O) groups excluding carboxylic acids is 1. The largest absolute Gasteiger partial charge is 0.444 e. The Balaban J connectivity index is 2.10. The smallest absolute Gasteiger partial charge is 0.410 e. The average molecular weight is 363 g/mol. The molecule has 1 aromatic heterocycles. The molecule has 1 aliphatic rings. The molecule has 2 rings (SSSR count). The van der Waals surface area contributed by atoms with Gasteiger partial charge >= 0.3 is 6.09 Å². The van der Waals surface area contributed by atoms with E-state index in [0.717, 1.165) is 15.9 Å². The topological polar surface area (TPSA) is 47.4 Å². The Kier molecular flexibility index (Phi) is 3.57. The summed E-state index contributed by atoms with van der Waals surface area (Å²) in [4.78, 5) is 18.2. The standard InChI is InChI=1S/C12H18IN3O2/c1-12(2,3)18-11(17)16-6-5-9-8(7-16)14-10(13)15(9)4/h5-7H2,1-4H3. The Bertz CT molecular complexity index is 476. The van der Waals surface area contributed by atoms with E-state index in [9.17, 15) is 4.79 Å². The van der Waals surface area contributed by atoms with Gasteiger partial charge in [-0.1, -0.05) is 0 Å². The van der Waals surface area contributed by atoms with Crippen molar-refractivity contribution in [2.24, 2.45) is 7.05 Å². The molecule has 2 heterocycles. The maximum atomic E-state index is 12.0. The van der Waals surface area contributed by atoms with Crippen molar-refractivity contribution >= 4 is 28.7 Å². The number of aromatic nitrogens is 2. The van der Waals surface area contributed by atoms with E-state index in [1.807, 2.05) is 27.8 Å². The van der Waals surface area contributed by atoms with E-state index in [0.29, 0.717) is 13.1 Å². The van der Waals surface area contributed by atoms with Crippen LogP contribution in [0.5, 0.6) is 0 Å². The van der Waals surface area contributed by atoms with E-state index >= 15 is 0 Å². The van der Waals surface area contributed by atoms with E-state index in [1.54, 1.807) is 4.90 Å². The van der Waals surface area contributed by atoms with E-state index in [4.69, 9.17) is 4.74 Å². The van der Waals surface area contributed by atoms with Gasteiger partial charge in [0.05, 0.1) is 12.2 Å². The molecule has 1 aromatic rings. The molecular weight excluding hydrogens is 345 g/mol. The summed E-state index contributed by atoms with van der Waals surface area (Å²) in [5.74, 6) is 0. The minimum absolute atomic E-state index is 0.256. The first-order valence-electron chi connectivity index (χ1n) is 5.96. The van der Waals surface area contributed by atoms with E-state index in [-0.39, 0.29) is 6.09 Å². The number of amides is 1. The van der Waals surface area contributed by atoms with Crippen molar-refractivity contribution in [2.45, 2.75) is 39.3 Å². The molecule has 100 valence electrons. The molecule has 0 unspecified atom stereocenters. The molecule has 0 N–H and O–H groups in total. The van der Waals surface area contributed by atoms with Crippen LogP contribution in [0.3, 0.4) is 0 Å². The summed E-state index contributed by atoms with van der Waals surface area (Å²) >= 11 is 2.21. The highest BCUT2D eigenvalue weighted by molar-refractivity contribution is 14.1. The van der Waals surface area contributed by atoms with Crippen molar-refractivity contribution in [1.29, 1.82) is 0 Å². The van der Waals surface area contributed by atoms with Gasteiger partial charge in [0.25, 0.3) is 0 Å². The highest BCUT2D eigenvalue weighted by Crippen LogP contribution is 2.21. The average Bonchev–Trinajstić information content (AvgIpc) is 2.52. The monoisotopic (exact) mass is 363 g/mol. The molecule has 1 amide bonds. The maximum absolute atomic E-state index is 12.0. The van der Waals surface area contributed by atoms with Gasteiger partial charge in [0.1, 0.15) is 5.60 Å². The number of nitrogens with zero attached hydrogens (tertiary/aromatic N) is 3.